The Kier molecular flexibility index (Phi) is 2.64. The first-order valence-electron chi connectivity index (χ1n) is 6.83. The van der Waals surface area contributed by atoms with Crippen molar-refractivity contribution in [1.82, 2.24) is 19.7 Å². The first-order chi connectivity index (χ1) is 10.3. The second-order valence-electron chi connectivity index (χ2n) is 5.01. The third-order valence-electron chi connectivity index (χ3n) is 3.68. The van der Waals surface area contributed by atoms with Crippen molar-refractivity contribution in [2.24, 2.45) is 0 Å². The quantitative estimate of drug-likeness (QED) is 0.622. The van der Waals surface area contributed by atoms with Gasteiger partial charge in [0.1, 0.15) is 17.6 Å². The molecule has 0 spiro atoms. The van der Waals surface area contributed by atoms with Crippen LogP contribution in [0, 0.1) is 0 Å². The van der Waals surface area contributed by atoms with Gasteiger partial charge in [0.2, 0.25) is 0 Å². The minimum atomic E-state index is 0.129. The molecule has 4 aromatic rings. The van der Waals surface area contributed by atoms with Gasteiger partial charge in [-0.25, -0.2) is 9.67 Å². The molecule has 21 heavy (non-hydrogen) atoms. The molecule has 0 amide bonds. The molecule has 3 aromatic heterocycles. The summed E-state index contributed by atoms with van der Waals surface area (Å²) in [5.74, 6) is 0.796. The lowest BCUT2D eigenvalue weighted by Gasteiger charge is -2.12. The van der Waals surface area contributed by atoms with E-state index in [2.05, 4.69) is 34.1 Å². The smallest absolute Gasteiger partial charge is 0.177 e. The van der Waals surface area contributed by atoms with Gasteiger partial charge in [-0.15, -0.1) is 0 Å². The minimum absolute atomic E-state index is 0.129. The van der Waals surface area contributed by atoms with Crippen molar-refractivity contribution in [1.29, 1.82) is 0 Å². The van der Waals surface area contributed by atoms with Crippen molar-refractivity contribution in [3.8, 4) is 11.4 Å². The van der Waals surface area contributed by atoms with Crippen LogP contribution in [0.4, 0.5) is 0 Å². The highest BCUT2D eigenvalue weighted by atomic mass is 16.3. The highest BCUT2D eigenvalue weighted by Gasteiger charge is 2.16. The van der Waals surface area contributed by atoms with E-state index in [4.69, 9.17) is 4.42 Å². The van der Waals surface area contributed by atoms with E-state index in [-0.39, 0.29) is 6.04 Å². The van der Waals surface area contributed by atoms with E-state index < -0.39 is 0 Å². The van der Waals surface area contributed by atoms with Gasteiger partial charge < -0.3 is 9.40 Å². The lowest BCUT2D eigenvalue weighted by Crippen LogP contribution is -2.08. The number of furan rings is 1. The third kappa shape index (κ3) is 1.94. The van der Waals surface area contributed by atoms with Crippen LogP contribution in [-0.4, -0.2) is 19.7 Å². The number of hydrogen-bond acceptors (Lipinski definition) is 3. The molecule has 0 aliphatic carbocycles. The summed E-state index contributed by atoms with van der Waals surface area (Å²) in [5.41, 5.74) is 3.91. The van der Waals surface area contributed by atoms with Crippen molar-refractivity contribution in [2.45, 2.75) is 13.0 Å². The van der Waals surface area contributed by atoms with Crippen molar-refractivity contribution in [3.05, 3.63) is 60.7 Å². The van der Waals surface area contributed by atoms with Crippen LogP contribution in [0.15, 0.2) is 59.5 Å². The van der Waals surface area contributed by atoms with Crippen LogP contribution in [-0.2, 0) is 0 Å². The zero-order valence-corrected chi connectivity index (χ0v) is 11.5. The molecule has 1 N–H and O–H groups in total. The molecule has 0 aliphatic rings. The fourth-order valence-electron chi connectivity index (χ4n) is 2.51. The van der Waals surface area contributed by atoms with E-state index >= 15 is 0 Å². The molecule has 104 valence electrons. The van der Waals surface area contributed by atoms with Gasteiger partial charge in [0.05, 0.1) is 24.1 Å². The molecule has 0 unspecified atom stereocenters. The van der Waals surface area contributed by atoms with Gasteiger partial charge in [0.25, 0.3) is 0 Å². The van der Waals surface area contributed by atoms with Crippen molar-refractivity contribution < 1.29 is 4.42 Å². The molecule has 1 atom stereocenters. The molecule has 0 saturated carbocycles. The Labute approximate surface area is 121 Å². The predicted octanol–water partition coefficient (Wildman–Crippen LogP) is 3.63. The van der Waals surface area contributed by atoms with Gasteiger partial charge in [-0.3, -0.25) is 0 Å². The molecule has 0 aliphatic heterocycles. The number of aromatic amines is 1. The Hall–Kier alpha value is -2.82. The fraction of sp³-hybridized carbons (Fsp3) is 0.125. The molecule has 0 fully saturated rings. The van der Waals surface area contributed by atoms with E-state index in [0.717, 1.165) is 22.6 Å². The second kappa shape index (κ2) is 4.63. The van der Waals surface area contributed by atoms with Gasteiger partial charge in [-0.1, -0.05) is 30.3 Å². The van der Waals surface area contributed by atoms with E-state index in [1.54, 1.807) is 12.5 Å². The van der Waals surface area contributed by atoms with E-state index in [1.165, 1.54) is 5.56 Å². The molecule has 0 radical (unpaired) electrons. The van der Waals surface area contributed by atoms with Gasteiger partial charge in [0, 0.05) is 0 Å². The van der Waals surface area contributed by atoms with Crippen molar-refractivity contribution in [2.75, 3.05) is 0 Å². The van der Waals surface area contributed by atoms with Gasteiger partial charge in [-0.2, -0.15) is 5.10 Å². The van der Waals surface area contributed by atoms with Crippen molar-refractivity contribution >= 4 is 11.2 Å². The Bertz CT molecular complexity index is 858. The molecule has 5 heteroatoms. The first kappa shape index (κ1) is 12.0. The predicted molar refractivity (Wildman–Crippen MR) is 79.8 cm³/mol. The monoisotopic (exact) mass is 278 g/mol. The average molecular weight is 278 g/mol. The molecule has 4 rings (SSSR count). The largest absolute Gasteiger partial charge is 0.472 e. The molecule has 1 aromatic carbocycles. The SMILES string of the molecule is C[C@H](c1ccccc1)n1ncc2[nH]c(-c3ccoc3)nc21. The summed E-state index contributed by atoms with van der Waals surface area (Å²) in [6, 6.07) is 12.3. The lowest BCUT2D eigenvalue weighted by molar-refractivity contribution is 0.568. The maximum atomic E-state index is 5.11. The Morgan fingerprint density at radius 3 is 2.81 bits per heavy atom. The summed E-state index contributed by atoms with van der Waals surface area (Å²) < 4.78 is 7.04. The molecule has 0 saturated heterocycles. The van der Waals surface area contributed by atoms with Gasteiger partial charge >= 0.3 is 0 Å². The van der Waals surface area contributed by atoms with Crippen LogP contribution in [0.3, 0.4) is 0 Å². The summed E-state index contributed by atoms with van der Waals surface area (Å²) in [4.78, 5) is 7.92. The Morgan fingerprint density at radius 2 is 2.05 bits per heavy atom. The molecule has 5 nitrogen and oxygen atoms in total. The second-order valence-corrected chi connectivity index (χ2v) is 5.01. The number of benzene rings is 1. The molecular formula is C16H14N4O. The van der Waals surface area contributed by atoms with Crippen LogP contribution in [0.25, 0.3) is 22.6 Å². The first-order valence-corrected chi connectivity index (χ1v) is 6.83. The number of nitrogens with one attached hydrogen (secondary N) is 1. The summed E-state index contributed by atoms with van der Waals surface area (Å²) in [5, 5.41) is 4.45. The topological polar surface area (TPSA) is 59.6 Å². The van der Waals surface area contributed by atoms with Gasteiger partial charge in [0.15, 0.2) is 5.65 Å². The third-order valence-corrected chi connectivity index (χ3v) is 3.68. The number of H-pyrrole nitrogens is 1. The van der Waals surface area contributed by atoms with E-state index in [0.29, 0.717) is 0 Å². The summed E-state index contributed by atoms with van der Waals surface area (Å²) in [6.45, 7) is 2.12. The number of nitrogens with zero attached hydrogens (tertiary/aromatic N) is 3. The zero-order chi connectivity index (χ0) is 14.2. The maximum Gasteiger partial charge on any atom is 0.177 e. The summed E-state index contributed by atoms with van der Waals surface area (Å²) in [7, 11) is 0. The maximum absolute atomic E-state index is 5.11. The number of aromatic nitrogens is 4. The standard InChI is InChI=1S/C16H14N4O/c1-11(12-5-3-2-4-6-12)20-16-14(9-17-20)18-15(19-16)13-7-8-21-10-13/h2-11H,1H3,(H,18,19)/t11-/m1/s1. The van der Waals surface area contributed by atoms with E-state index in [1.807, 2.05) is 35.1 Å². The molecular weight excluding hydrogens is 264 g/mol. The van der Waals surface area contributed by atoms with Crippen LogP contribution >= 0.6 is 0 Å². The number of imidazole rings is 1. The highest BCUT2D eigenvalue weighted by molar-refractivity contribution is 5.75. The van der Waals surface area contributed by atoms with Crippen LogP contribution < -0.4 is 0 Å². The lowest BCUT2D eigenvalue weighted by atomic mass is 10.1. The Balaban J connectivity index is 1.79. The van der Waals surface area contributed by atoms with Crippen molar-refractivity contribution in [3.63, 3.8) is 0 Å². The highest BCUT2D eigenvalue weighted by Crippen LogP contribution is 2.25. The van der Waals surface area contributed by atoms with Crippen LogP contribution in [0.2, 0.25) is 0 Å². The normalized spacial score (nSPS) is 12.8. The Morgan fingerprint density at radius 1 is 1.19 bits per heavy atom. The average Bonchev–Trinajstić information content (AvgIpc) is 3.23. The zero-order valence-electron chi connectivity index (χ0n) is 11.5. The van der Waals surface area contributed by atoms with Crippen LogP contribution in [0.5, 0.6) is 0 Å². The molecule has 3 heterocycles. The minimum Gasteiger partial charge on any atom is -0.472 e. The summed E-state index contributed by atoms with van der Waals surface area (Å²) in [6.07, 6.45) is 5.13. The number of rotatable bonds is 3. The van der Waals surface area contributed by atoms with Gasteiger partial charge in [-0.05, 0) is 18.6 Å². The summed E-state index contributed by atoms with van der Waals surface area (Å²) >= 11 is 0. The van der Waals surface area contributed by atoms with E-state index in [9.17, 15) is 0 Å². The number of hydrogen-bond donors (Lipinski definition) is 1. The van der Waals surface area contributed by atoms with Crippen LogP contribution in [0.1, 0.15) is 18.5 Å². The molecule has 0 bridgehead atoms. The fourth-order valence-corrected chi connectivity index (χ4v) is 2.51. The number of fused-ring (bicyclic) bond motifs is 1.